The van der Waals surface area contributed by atoms with Crippen LogP contribution in [0.4, 0.5) is 0 Å². The first kappa shape index (κ1) is 21.6. The molecule has 0 aromatic heterocycles. The summed E-state index contributed by atoms with van der Waals surface area (Å²) >= 11 is 0. The third kappa shape index (κ3) is 4.82. The maximum absolute atomic E-state index is 12.9. The zero-order valence-electron chi connectivity index (χ0n) is 18.5. The summed E-state index contributed by atoms with van der Waals surface area (Å²) in [6.07, 6.45) is 13.9. The number of guanidine groups is 1. The Morgan fingerprint density at radius 1 is 1.03 bits per heavy atom. The van der Waals surface area contributed by atoms with E-state index in [0.717, 1.165) is 64.0 Å². The zero-order chi connectivity index (χ0) is 21.1. The van der Waals surface area contributed by atoms with Crippen molar-refractivity contribution in [2.45, 2.75) is 95.2 Å². The molecule has 0 unspecified atom stereocenters. The summed E-state index contributed by atoms with van der Waals surface area (Å²) in [6.45, 7) is 1.61. The molecule has 2 aliphatic heterocycles. The molecule has 0 bridgehead atoms. The quantitative estimate of drug-likeness (QED) is 0.594. The van der Waals surface area contributed by atoms with E-state index >= 15 is 0 Å². The van der Waals surface area contributed by atoms with Crippen LogP contribution in [0.15, 0.2) is 0 Å². The first-order valence-corrected chi connectivity index (χ1v) is 12.2. The Kier molecular flexibility index (Phi) is 6.96. The van der Waals surface area contributed by atoms with Crippen LogP contribution in [0.3, 0.4) is 0 Å². The van der Waals surface area contributed by atoms with Gasteiger partial charge in [-0.2, -0.15) is 0 Å². The van der Waals surface area contributed by atoms with Gasteiger partial charge in [0.15, 0.2) is 0 Å². The third-order valence-corrected chi connectivity index (χ3v) is 7.91. The minimum atomic E-state index is -0.176. The van der Waals surface area contributed by atoms with E-state index < -0.39 is 0 Å². The maximum Gasteiger partial charge on any atom is 0.251 e. The minimum Gasteiger partial charge on any atom is -0.355 e. The van der Waals surface area contributed by atoms with Crippen LogP contribution in [0.5, 0.6) is 0 Å². The van der Waals surface area contributed by atoms with Gasteiger partial charge in [-0.1, -0.05) is 44.9 Å². The maximum atomic E-state index is 12.9. The van der Waals surface area contributed by atoms with Crippen molar-refractivity contribution in [1.82, 2.24) is 20.4 Å². The smallest absolute Gasteiger partial charge is 0.251 e. The van der Waals surface area contributed by atoms with Crippen molar-refractivity contribution in [3.05, 3.63) is 0 Å². The molecule has 3 N–H and O–H groups in total. The number of likely N-dealkylation sites (N-methyl/N-ethyl adjacent to an activating group) is 1. The topological polar surface area (TPSA) is 88.5 Å². The van der Waals surface area contributed by atoms with Crippen molar-refractivity contribution >= 4 is 17.8 Å². The van der Waals surface area contributed by atoms with E-state index in [4.69, 9.17) is 5.41 Å². The molecule has 168 valence electrons. The minimum absolute atomic E-state index is 0.0480. The molecule has 0 aromatic carbocycles. The Morgan fingerprint density at radius 3 is 2.53 bits per heavy atom. The van der Waals surface area contributed by atoms with E-state index in [0.29, 0.717) is 17.9 Å². The molecule has 2 saturated heterocycles. The molecule has 4 aliphatic rings. The summed E-state index contributed by atoms with van der Waals surface area (Å²) in [5.74, 6) is 1.84. The lowest BCUT2D eigenvalue weighted by Crippen LogP contribution is -2.45. The molecule has 7 heteroatoms. The molecule has 30 heavy (non-hydrogen) atoms. The molecule has 2 aliphatic carbocycles. The molecule has 4 rings (SSSR count). The highest BCUT2D eigenvalue weighted by atomic mass is 16.2. The highest BCUT2D eigenvalue weighted by Crippen LogP contribution is 2.33. The Bertz CT molecular complexity index is 648. The molecule has 4 atom stereocenters. The summed E-state index contributed by atoms with van der Waals surface area (Å²) in [4.78, 5) is 28.5. The summed E-state index contributed by atoms with van der Waals surface area (Å²) in [5.41, 5.74) is 0. The van der Waals surface area contributed by atoms with Gasteiger partial charge in [-0.05, 0) is 43.9 Å². The highest BCUT2D eigenvalue weighted by Gasteiger charge is 2.42. The van der Waals surface area contributed by atoms with Crippen LogP contribution >= 0.6 is 0 Å². The Labute approximate surface area is 180 Å². The number of carbonyl (C=O) groups is 2. The average Bonchev–Trinajstić information content (AvgIpc) is 3.24. The predicted molar refractivity (Wildman–Crippen MR) is 117 cm³/mol. The van der Waals surface area contributed by atoms with E-state index in [1.807, 2.05) is 0 Å². The fraction of sp³-hybridized carbons (Fsp3) is 0.870. The van der Waals surface area contributed by atoms with E-state index in [1.54, 1.807) is 11.9 Å². The van der Waals surface area contributed by atoms with Gasteiger partial charge in [-0.25, -0.2) is 0 Å². The number of carbonyl (C=O) groups excluding carboxylic acids is 2. The molecule has 0 radical (unpaired) electrons. The van der Waals surface area contributed by atoms with Crippen molar-refractivity contribution in [2.24, 2.45) is 11.8 Å². The largest absolute Gasteiger partial charge is 0.355 e. The molecule has 4 fully saturated rings. The van der Waals surface area contributed by atoms with Gasteiger partial charge in [0.05, 0.1) is 6.04 Å². The number of hydrogen-bond acceptors (Lipinski definition) is 4. The first-order valence-electron chi connectivity index (χ1n) is 12.2. The number of amides is 2. The van der Waals surface area contributed by atoms with Crippen LogP contribution in [0.1, 0.15) is 77.0 Å². The molecule has 2 heterocycles. The van der Waals surface area contributed by atoms with Gasteiger partial charge in [0.25, 0.3) is 5.91 Å². The number of nitrogens with one attached hydrogen (secondary N) is 3. The molecule has 2 amide bonds. The second-order valence-electron chi connectivity index (χ2n) is 9.99. The molecular formula is C23H39N5O2. The monoisotopic (exact) mass is 417 g/mol. The highest BCUT2D eigenvalue weighted by molar-refractivity contribution is 6.04. The normalized spacial score (nSPS) is 33.4. The molecular weight excluding hydrogens is 378 g/mol. The van der Waals surface area contributed by atoms with Crippen LogP contribution in [0, 0.1) is 17.2 Å². The molecule has 7 nitrogen and oxygen atoms in total. The predicted octanol–water partition coefficient (Wildman–Crippen LogP) is 2.46. The van der Waals surface area contributed by atoms with Crippen molar-refractivity contribution in [2.75, 3.05) is 20.1 Å². The Hall–Kier alpha value is -1.63. The van der Waals surface area contributed by atoms with Crippen molar-refractivity contribution in [1.29, 1.82) is 5.41 Å². The zero-order valence-corrected chi connectivity index (χ0v) is 18.5. The Morgan fingerprint density at radius 2 is 1.80 bits per heavy atom. The van der Waals surface area contributed by atoms with E-state index in [1.165, 1.54) is 32.1 Å². The average molecular weight is 418 g/mol. The van der Waals surface area contributed by atoms with E-state index in [2.05, 4.69) is 15.5 Å². The van der Waals surface area contributed by atoms with Gasteiger partial charge in [0.1, 0.15) is 6.04 Å². The van der Waals surface area contributed by atoms with Crippen molar-refractivity contribution in [3.8, 4) is 0 Å². The standard InChI is InChI=1S/C23H39N5O2/c1-27-22(30)20(28(23(27)24)13-11-16-6-3-2-4-7-16)15-17-8-5-9-18(14-17)26-19-10-12-25-21(19)29/h16-20,24,26H,2-15H2,1H3,(H,25,29)/t17-,18+,19-,20+/m0/s1. The lowest BCUT2D eigenvalue weighted by molar-refractivity contribution is -0.127. The third-order valence-electron chi connectivity index (χ3n) is 7.91. The fourth-order valence-electron chi connectivity index (χ4n) is 6.10. The van der Waals surface area contributed by atoms with Gasteiger partial charge in [0, 0.05) is 26.2 Å². The fourth-order valence-corrected chi connectivity index (χ4v) is 6.10. The van der Waals surface area contributed by atoms with Gasteiger partial charge >= 0.3 is 0 Å². The van der Waals surface area contributed by atoms with E-state index in [9.17, 15) is 9.59 Å². The number of rotatable bonds is 7. The van der Waals surface area contributed by atoms with Gasteiger partial charge in [-0.15, -0.1) is 0 Å². The van der Waals surface area contributed by atoms with Gasteiger partial charge in [0.2, 0.25) is 11.9 Å². The van der Waals surface area contributed by atoms with Crippen LogP contribution in [-0.2, 0) is 9.59 Å². The summed E-state index contributed by atoms with van der Waals surface area (Å²) in [7, 11) is 1.75. The molecule has 0 spiro atoms. The van der Waals surface area contributed by atoms with Crippen molar-refractivity contribution < 1.29 is 9.59 Å². The first-order chi connectivity index (χ1) is 14.5. The van der Waals surface area contributed by atoms with Crippen molar-refractivity contribution in [3.63, 3.8) is 0 Å². The number of nitrogens with zero attached hydrogens (tertiary/aromatic N) is 2. The van der Waals surface area contributed by atoms with E-state index in [-0.39, 0.29) is 23.9 Å². The van der Waals surface area contributed by atoms with Crippen LogP contribution < -0.4 is 10.6 Å². The molecule has 2 saturated carbocycles. The summed E-state index contributed by atoms with van der Waals surface area (Å²) in [6, 6.07) is 0.139. The van der Waals surface area contributed by atoms with Gasteiger partial charge < -0.3 is 15.5 Å². The summed E-state index contributed by atoms with van der Waals surface area (Å²) < 4.78 is 0. The SMILES string of the molecule is CN1C(=N)N(CCC2CCCCC2)[C@H](C[C@H]2CCC[C@@H](N[C@H]3CCNC3=O)C2)C1=O. The Balaban J connectivity index is 1.33. The van der Waals surface area contributed by atoms with Gasteiger partial charge in [-0.3, -0.25) is 19.9 Å². The summed E-state index contributed by atoms with van der Waals surface area (Å²) in [5, 5.41) is 15.0. The van der Waals surface area contributed by atoms with Crippen LogP contribution in [0.2, 0.25) is 0 Å². The van der Waals surface area contributed by atoms with Crippen LogP contribution in [0.25, 0.3) is 0 Å². The molecule has 0 aromatic rings. The second-order valence-corrected chi connectivity index (χ2v) is 9.99. The number of hydrogen-bond donors (Lipinski definition) is 3. The lowest BCUT2D eigenvalue weighted by Gasteiger charge is -2.34. The lowest BCUT2D eigenvalue weighted by atomic mass is 9.81. The van der Waals surface area contributed by atoms with Crippen LogP contribution in [-0.4, -0.2) is 65.8 Å². The second kappa shape index (κ2) is 9.67.